The third kappa shape index (κ3) is 3.58. The molecule has 17 heavy (non-hydrogen) atoms. The van der Waals surface area contributed by atoms with Gasteiger partial charge in [0.2, 0.25) is 0 Å². The molecule has 1 aromatic carbocycles. The lowest BCUT2D eigenvalue weighted by molar-refractivity contribution is 0.549. The average Bonchev–Trinajstić information content (AvgIpc) is 2.74. The molecular formula is C14H18N2S. The molecule has 1 atom stereocenters. The number of nitrogens with one attached hydrogen (secondary N) is 1. The first-order chi connectivity index (χ1) is 8.25. The van der Waals surface area contributed by atoms with Gasteiger partial charge in [-0.15, -0.1) is 11.3 Å². The molecule has 2 rings (SSSR count). The zero-order chi connectivity index (χ0) is 12.1. The molecule has 1 heterocycles. The predicted molar refractivity (Wildman–Crippen MR) is 75.2 cm³/mol. The minimum absolute atomic E-state index is 0.457. The van der Waals surface area contributed by atoms with Gasteiger partial charge >= 0.3 is 0 Å². The normalized spacial score (nSPS) is 12.5. The molecule has 0 saturated carbocycles. The molecule has 3 N–H and O–H groups in total. The Morgan fingerprint density at radius 2 is 2.00 bits per heavy atom. The van der Waals surface area contributed by atoms with Crippen LogP contribution in [-0.4, -0.2) is 6.04 Å². The highest BCUT2D eigenvalue weighted by atomic mass is 32.1. The van der Waals surface area contributed by atoms with Crippen LogP contribution < -0.4 is 11.1 Å². The Kier molecular flexibility index (Phi) is 4.18. The van der Waals surface area contributed by atoms with Gasteiger partial charge in [0.15, 0.2) is 0 Å². The van der Waals surface area contributed by atoms with Crippen LogP contribution in [0.15, 0.2) is 41.8 Å². The van der Waals surface area contributed by atoms with Gasteiger partial charge in [-0.25, -0.2) is 0 Å². The van der Waals surface area contributed by atoms with Crippen molar-refractivity contribution in [2.45, 2.75) is 25.9 Å². The lowest BCUT2D eigenvalue weighted by Crippen LogP contribution is -2.27. The number of thiophene rings is 1. The van der Waals surface area contributed by atoms with Gasteiger partial charge in [0.1, 0.15) is 0 Å². The van der Waals surface area contributed by atoms with Crippen molar-refractivity contribution in [1.29, 1.82) is 0 Å². The SMILES string of the molecule is CC(Cc1ccccc1)NCc1sccc1N. The third-order valence-electron chi connectivity index (χ3n) is 2.78. The summed E-state index contributed by atoms with van der Waals surface area (Å²) < 4.78 is 0. The van der Waals surface area contributed by atoms with E-state index in [1.807, 2.05) is 17.5 Å². The van der Waals surface area contributed by atoms with Crippen molar-refractivity contribution in [3.05, 3.63) is 52.2 Å². The first-order valence-corrected chi connectivity index (χ1v) is 6.73. The van der Waals surface area contributed by atoms with Crippen molar-refractivity contribution < 1.29 is 0 Å². The monoisotopic (exact) mass is 246 g/mol. The molecule has 0 fully saturated rings. The van der Waals surface area contributed by atoms with Gasteiger partial charge in [0.25, 0.3) is 0 Å². The third-order valence-corrected chi connectivity index (χ3v) is 3.71. The van der Waals surface area contributed by atoms with Gasteiger partial charge in [-0.05, 0) is 30.4 Å². The van der Waals surface area contributed by atoms with Crippen molar-refractivity contribution in [3.8, 4) is 0 Å². The standard InChI is InChI=1S/C14H18N2S/c1-11(9-12-5-3-2-4-6-12)16-10-14-13(15)7-8-17-14/h2-8,11,16H,9-10,15H2,1H3. The van der Waals surface area contributed by atoms with Gasteiger partial charge in [0, 0.05) is 23.2 Å². The summed E-state index contributed by atoms with van der Waals surface area (Å²) in [5.41, 5.74) is 8.11. The Morgan fingerprint density at radius 3 is 2.65 bits per heavy atom. The van der Waals surface area contributed by atoms with Gasteiger partial charge in [-0.2, -0.15) is 0 Å². The largest absolute Gasteiger partial charge is 0.398 e. The van der Waals surface area contributed by atoms with Crippen molar-refractivity contribution in [2.24, 2.45) is 0 Å². The zero-order valence-electron chi connectivity index (χ0n) is 10.0. The highest BCUT2D eigenvalue weighted by Crippen LogP contribution is 2.18. The molecule has 90 valence electrons. The van der Waals surface area contributed by atoms with Crippen molar-refractivity contribution in [1.82, 2.24) is 5.32 Å². The molecule has 0 saturated heterocycles. The molecular weight excluding hydrogens is 228 g/mol. The first kappa shape index (κ1) is 12.1. The van der Waals surface area contributed by atoms with E-state index in [1.165, 1.54) is 10.4 Å². The summed E-state index contributed by atoms with van der Waals surface area (Å²) in [6.07, 6.45) is 1.05. The molecule has 0 aliphatic carbocycles. The molecule has 0 radical (unpaired) electrons. The summed E-state index contributed by atoms with van der Waals surface area (Å²) in [7, 11) is 0. The lowest BCUT2D eigenvalue weighted by Gasteiger charge is -2.13. The van der Waals surface area contributed by atoms with Gasteiger partial charge in [0.05, 0.1) is 0 Å². The van der Waals surface area contributed by atoms with Gasteiger partial charge < -0.3 is 11.1 Å². The Balaban J connectivity index is 1.82. The Hall–Kier alpha value is -1.32. The summed E-state index contributed by atoms with van der Waals surface area (Å²) in [5, 5.41) is 5.54. The molecule has 2 nitrogen and oxygen atoms in total. The second-order valence-electron chi connectivity index (χ2n) is 4.27. The fourth-order valence-corrected chi connectivity index (χ4v) is 2.55. The number of hydrogen-bond acceptors (Lipinski definition) is 3. The van der Waals surface area contributed by atoms with Gasteiger partial charge in [-0.1, -0.05) is 30.3 Å². The van der Waals surface area contributed by atoms with E-state index in [-0.39, 0.29) is 0 Å². The molecule has 3 heteroatoms. The summed E-state index contributed by atoms with van der Waals surface area (Å²) in [6, 6.07) is 13.0. The smallest absolute Gasteiger partial charge is 0.0468 e. The molecule has 0 amide bonds. The van der Waals surface area contributed by atoms with Crippen molar-refractivity contribution in [2.75, 3.05) is 5.73 Å². The molecule has 0 aliphatic rings. The van der Waals surface area contributed by atoms with Crippen LogP contribution in [0.1, 0.15) is 17.4 Å². The minimum Gasteiger partial charge on any atom is -0.398 e. The van der Waals surface area contributed by atoms with E-state index < -0.39 is 0 Å². The number of benzene rings is 1. The number of anilines is 1. The van der Waals surface area contributed by atoms with Crippen molar-refractivity contribution in [3.63, 3.8) is 0 Å². The second-order valence-corrected chi connectivity index (χ2v) is 5.27. The summed E-state index contributed by atoms with van der Waals surface area (Å²) in [5.74, 6) is 0. The van der Waals surface area contributed by atoms with E-state index in [9.17, 15) is 0 Å². The van der Waals surface area contributed by atoms with Gasteiger partial charge in [-0.3, -0.25) is 0 Å². The van der Waals surface area contributed by atoms with Crippen LogP contribution in [0.2, 0.25) is 0 Å². The Labute approximate surface area is 106 Å². The Morgan fingerprint density at radius 1 is 1.24 bits per heavy atom. The maximum Gasteiger partial charge on any atom is 0.0468 e. The van der Waals surface area contributed by atoms with E-state index in [4.69, 9.17) is 5.73 Å². The lowest BCUT2D eigenvalue weighted by atomic mass is 10.1. The number of rotatable bonds is 5. The maximum absolute atomic E-state index is 5.85. The van der Waals surface area contributed by atoms with Crippen molar-refractivity contribution >= 4 is 17.0 Å². The number of nitrogen functional groups attached to an aromatic ring is 1. The van der Waals surface area contributed by atoms with E-state index >= 15 is 0 Å². The molecule has 0 bridgehead atoms. The number of nitrogens with two attached hydrogens (primary N) is 1. The topological polar surface area (TPSA) is 38.0 Å². The highest BCUT2D eigenvalue weighted by molar-refractivity contribution is 7.10. The van der Waals surface area contributed by atoms with Crippen LogP contribution >= 0.6 is 11.3 Å². The van der Waals surface area contributed by atoms with Crippen LogP contribution in [-0.2, 0) is 13.0 Å². The molecule has 0 spiro atoms. The zero-order valence-corrected chi connectivity index (χ0v) is 10.8. The maximum atomic E-state index is 5.85. The van der Waals surface area contributed by atoms with E-state index in [0.717, 1.165) is 18.7 Å². The van der Waals surface area contributed by atoms with Crippen LogP contribution in [0.4, 0.5) is 5.69 Å². The first-order valence-electron chi connectivity index (χ1n) is 5.85. The fourth-order valence-electron chi connectivity index (χ4n) is 1.80. The highest BCUT2D eigenvalue weighted by Gasteiger charge is 2.05. The van der Waals surface area contributed by atoms with Crippen LogP contribution in [0, 0.1) is 0 Å². The molecule has 0 aliphatic heterocycles. The summed E-state index contributed by atoms with van der Waals surface area (Å²) in [6.45, 7) is 3.06. The quantitative estimate of drug-likeness (QED) is 0.851. The summed E-state index contributed by atoms with van der Waals surface area (Å²) >= 11 is 1.71. The molecule has 2 aromatic rings. The number of hydrogen-bond donors (Lipinski definition) is 2. The van der Waals surface area contributed by atoms with Crippen LogP contribution in [0.5, 0.6) is 0 Å². The summed E-state index contributed by atoms with van der Waals surface area (Å²) in [4.78, 5) is 1.23. The predicted octanol–water partition coefficient (Wildman–Crippen LogP) is 3.05. The molecule has 1 aromatic heterocycles. The molecule has 1 unspecified atom stereocenters. The van der Waals surface area contributed by atoms with Crippen LogP contribution in [0.25, 0.3) is 0 Å². The minimum atomic E-state index is 0.457. The average molecular weight is 246 g/mol. The van der Waals surface area contributed by atoms with E-state index in [2.05, 4.69) is 36.5 Å². The van der Waals surface area contributed by atoms with E-state index in [1.54, 1.807) is 11.3 Å². The fraction of sp³-hybridized carbons (Fsp3) is 0.286. The van der Waals surface area contributed by atoms with Crippen LogP contribution in [0.3, 0.4) is 0 Å². The Bertz CT molecular complexity index is 450. The van der Waals surface area contributed by atoms with E-state index in [0.29, 0.717) is 6.04 Å². The second kappa shape index (κ2) is 5.84.